The zero-order chi connectivity index (χ0) is 18.1. The molecule has 1 aromatic heterocycles. The minimum atomic E-state index is -0.569. The molecule has 6 heteroatoms. The second-order valence-electron chi connectivity index (χ2n) is 5.84. The van der Waals surface area contributed by atoms with E-state index in [1.807, 2.05) is 19.1 Å². The molecule has 25 heavy (non-hydrogen) atoms. The summed E-state index contributed by atoms with van der Waals surface area (Å²) in [4.78, 5) is 28.9. The summed E-state index contributed by atoms with van der Waals surface area (Å²) in [5.41, 5.74) is 0.944. The van der Waals surface area contributed by atoms with E-state index in [4.69, 9.17) is 11.6 Å². The third kappa shape index (κ3) is 3.15. The minimum absolute atomic E-state index is 0.0959. The van der Waals surface area contributed by atoms with Crippen LogP contribution in [-0.2, 0) is 0 Å². The normalized spacial score (nSPS) is 12.2. The van der Waals surface area contributed by atoms with E-state index in [0.29, 0.717) is 10.9 Å². The van der Waals surface area contributed by atoms with Crippen LogP contribution >= 0.6 is 11.6 Å². The third-order valence-corrected chi connectivity index (χ3v) is 4.65. The van der Waals surface area contributed by atoms with Crippen LogP contribution in [0.5, 0.6) is 0 Å². The second-order valence-corrected chi connectivity index (χ2v) is 6.25. The smallest absolute Gasteiger partial charge is 0.255 e. The first-order valence-electron chi connectivity index (χ1n) is 7.72. The van der Waals surface area contributed by atoms with Crippen LogP contribution < -0.4 is 5.56 Å². The minimum Gasteiger partial charge on any atom is -0.335 e. The van der Waals surface area contributed by atoms with E-state index in [9.17, 15) is 14.0 Å². The number of benzene rings is 2. The number of amides is 1. The SMILES string of the molecule is CC(c1c[nH]c(=O)c2ccccc12)N(C)C(=O)c1ccc(F)c(Cl)c1. The molecule has 1 atom stereocenters. The zero-order valence-electron chi connectivity index (χ0n) is 13.7. The Bertz CT molecular complexity index is 1020. The van der Waals surface area contributed by atoms with Crippen molar-refractivity contribution in [3.63, 3.8) is 0 Å². The Morgan fingerprint density at radius 3 is 2.56 bits per heavy atom. The Kier molecular flexibility index (Phi) is 4.59. The highest BCUT2D eigenvalue weighted by Gasteiger charge is 2.21. The van der Waals surface area contributed by atoms with Gasteiger partial charge in [-0.15, -0.1) is 0 Å². The van der Waals surface area contributed by atoms with Crippen LogP contribution in [0, 0.1) is 5.82 Å². The lowest BCUT2D eigenvalue weighted by molar-refractivity contribution is 0.0743. The highest BCUT2D eigenvalue weighted by molar-refractivity contribution is 6.31. The third-order valence-electron chi connectivity index (χ3n) is 4.36. The van der Waals surface area contributed by atoms with Crippen molar-refractivity contribution in [2.45, 2.75) is 13.0 Å². The Labute approximate surface area is 148 Å². The number of hydrogen-bond donors (Lipinski definition) is 1. The molecule has 0 bridgehead atoms. The van der Waals surface area contributed by atoms with E-state index in [2.05, 4.69) is 4.98 Å². The first-order chi connectivity index (χ1) is 11.9. The molecule has 0 fully saturated rings. The van der Waals surface area contributed by atoms with Gasteiger partial charge < -0.3 is 9.88 Å². The van der Waals surface area contributed by atoms with E-state index in [1.54, 1.807) is 25.4 Å². The van der Waals surface area contributed by atoms with Crippen molar-refractivity contribution < 1.29 is 9.18 Å². The van der Waals surface area contributed by atoms with Crippen LogP contribution in [0.15, 0.2) is 53.5 Å². The van der Waals surface area contributed by atoms with Crippen molar-refractivity contribution in [2.75, 3.05) is 7.05 Å². The van der Waals surface area contributed by atoms with Gasteiger partial charge in [-0.2, -0.15) is 0 Å². The van der Waals surface area contributed by atoms with Crippen LogP contribution in [0.3, 0.4) is 0 Å². The zero-order valence-corrected chi connectivity index (χ0v) is 14.5. The molecule has 0 aliphatic heterocycles. The summed E-state index contributed by atoms with van der Waals surface area (Å²) in [7, 11) is 1.66. The number of aromatic nitrogens is 1. The molecule has 1 unspecified atom stereocenters. The van der Waals surface area contributed by atoms with Crippen molar-refractivity contribution in [3.8, 4) is 0 Å². The molecular weight excluding hydrogens is 343 g/mol. The maximum absolute atomic E-state index is 13.3. The van der Waals surface area contributed by atoms with E-state index in [1.165, 1.54) is 23.1 Å². The molecule has 1 heterocycles. The molecule has 0 saturated heterocycles. The first-order valence-corrected chi connectivity index (χ1v) is 8.10. The molecule has 4 nitrogen and oxygen atoms in total. The fourth-order valence-corrected chi connectivity index (χ4v) is 2.98. The molecule has 0 saturated carbocycles. The number of fused-ring (bicyclic) bond motifs is 1. The highest BCUT2D eigenvalue weighted by Crippen LogP contribution is 2.26. The molecule has 1 amide bonds. The van der Waals surface area contributed by atoms with E-state index in [-0.39, 0.29) is 22.5 Å². The Morgan fingerprint density at radius 1 is 1.20 bits per heavy atom. The Morgan fingerprint density at radius 2 is 1.88 bits per heavy atom. The van der Waals surface area contributed by atoms with Gasteiger partial charge in [-0.3, -0.25) is 9.59 Å². The van der Waals surface area contributed by atoms with Crippen LogP contribution in [0.25, 0.3) is 10.8 Å². The van der Waals surface area contributed by atoms with Crippen molar-refractivity contribution >= 4 is 28.3 Å². The maximum atomic E-state index is 13.3. The average Bonchev–Trinajstić information content (AvgIpc) is 2.63. The van der Waals surface area contributed by atoms with Gasteiger partial charge in [0, 0.05) is 24.2 Å². The van der Waals surface area contributed by atoms with E-state index < -0.39 is 5.82 Å². The Balaban J connectivity index is 1.99. The van der Waals surface area contributed by atoms with E-state index >= 15 is 0 Å². The number of halogens is 2. The summed E-state index contributed by atoms with van der Waals surface area (Å²) in [6, 6.07) is 10.8. The standard InChI is InChI=1S/C19H16ClFN2O2/c1-11(15-10-22-18(24)14-6-4-3-5-13(14)15)23(2)19(25)12-7-8-17(21)16(20)9-12/h3-11H,1-2H3,(H,22,24). The van der Waals surface area contributed by atoms with Gasteiger partial charge in [-0.25, -0.2) is 4.39 Å². The number of carbonyl (C=O) groups is 1. The fourth-order valence-electron chi connectivity index (χ4n) is 2.79. The van der Waals surface area contributed by atoms with Crippen molar-refractivity contribution in [1.29, 1.82) is 0 Å². The number of nitrogens with one attached hydrogen (secondary N) is 1. The topological polar surface area (TPSA) is 53.2 Å². The molecule has 3 aromatic rings. The molecule has 128 valence electrons. The number of H-pyrrole nitrogens is 1. The van der Waals surface area contributed by atoms with Crippen molar-refractivity contribution in [2.24, 2.45) is 0 Å². The summed E-state index contributed by atoms with van der Waals surface area (Å²) in [5.74, 6) is -0.856. The number of nitrogens with zero attached hydrogens (tertiary/aromatic N) is 1. The van der Waals surface area contributed by atoms with Gasteiger partial charge in [0.15, 0.2) is 0 Å². The van der Waals surface area contributed by atoms with Gasteiger partial charge in [0.05, 0.1) is 11.1 Å². The number of pyridine rings is 1. The second kappa shape index (κ2) is 6.69. The number of rotatable bonds is 3. The van der Waals surface area contributed by atoms with Gasteiger partial charge in [0.25, 0.3) is 11.5 Å². The average molecular weight is 359 g/mol. The van der Waals surface area contributed by atoms with Gasteiger partial charge in [-0.05, 0) is 42.1 Å². The quantitative estimate of drug-likeness (QED) is 0.764. The molecule has 0 aliphatic carbocycles. The lowest BCUT2D eigenvalue weighted by atomic mass is 10.0. The van der Waals surface area contributed by atoms with Crippen LogP contribution in [-0.4, -0.2) is 22.8 Å². The molecule has 2 aromatic carbocycles. The summed E-state index contributed by atoms with van der Waals surface area (Å²) in [5, 5.41) is 1.26. The molecule has 0 aliphatic rings. The predicted octanol–water partition coefficient (Wildman–Crippen LogP) is 4.15. The van der Waals surface area contributed by atoms with Crippen LogP contribution in [0.4, 0.5) is 4.39 Å². The summed E-state index contributed by atoms with van der Waals surface area (Å²) in [6.45, 7) is 1.86. The summed E-state index contributed by atoms with van der Waals surface area (Å²) in [6.07, 6.45) is 1.62. The molecular formula is C19H16ClFN2O2. The predicted molar refractivity (Wildman–Crippen MR) is 96.5 cm³/mol. The number of aromatic amines is 1. The lowest BCUT2D eigenvalue weighted by Gasteiger charge is -2.26. The Hall–Kier alpha value is -2.66. The lowest BCUT2D eigenvalue weighted by Crippen LogP contribution is -2.30. The summed E-state index contributed by atoms with van der Waals surface area (Å²) >= 11 is 5.77. The molecule has 0 radical (unpaired) electrons. The van der Waals surface area contributed by atoms with Crippen LogP contribution in [0.2, 0.25) is 5.02 Å². The number of carbonyl (C=O) groups excluding carboxylic acids is 1. The molecule has 3 rings (SSSR count). The van der Waals surface area contributed by atoms with Gasteiger partial charge in [0.2, 0.25) is 0 Å². The van der Waals surface area contributed by atoms with E-state index in [0.717, 1.165) is 10.9 Å². The van der Waals surface area contributed by atoms with Gasteiger partial charge in [0.1, 0.15) is 5.82 Å². The van der Waals surface area contributed by atoms with Crippen LogP contribution in [0.1, 0.15) is 28.9 Å². The monoisotopic (exact) mass is 358 g/mol. The van der Waals surface area contributed by atoms with Crippen molar-refractivity contribution in [1.82, 2.24) is 9.88 Å². The summed E-state index contributed by atoms with van der Waals surface area (Å²) < 4.78 is 13.3. The fraction of sp³-hybridized carbons (Fsp3) is 0.158. The number of hydrogen-bond acceptors (Lipinski definition) is 2. The highest BCUT2D eigenvalue weighted by atomic mass is 35.5. The largest absolute Gasteiger partial charge is 0.335 e. The van der Waals surface area contributed by atoms with Gasteiger partial charge in [-0.1, -0.05) is 29.8 Å². The molecule has 0 spiro atoms. The van der Waals surface area contributed by atoms with Crippen molar-refractivity contribution in [3.05, 3.63) is 81.0 Å². The maximum Gasteiger partial charge on any atom is 0.255 e. The molecule has 1 N–H and O–H groups in total. The first kappa shape index (κ1) is 17.2. The van der Waals surface area contributed by atoms with Gasteiger partial charge >= 0.3 is 0 Å².